The van der Waals surface area contributed by atoms with Gasteiger partial charge in [0.15, 0.2) is 0 Å². The van der Waals surface area contributed by atoms with Gasteiger partial charge in [-0.2, -0.15) is 4.31 Å². The second kappa shape index (κ2) is 6.87. The Morgan fingerprint density at radius 2 is 2.29 bits per heavy atom. The maximum Gasteiger partial charge on any atom is 0.308 e. The van der Waals surface area contributed by atoms with Crippen LogP contribution in [0.5, 0.6) is 0 Å². The van der Waals surface area contributed by atoms with Crippen LogP contribution in [0.15, 0.2) is 16.3 Å². The largest absolute Gasteiger partial charge is 0.481 e. The molecule has 1 aliphatic heterocycles. The third-order valence-corrected chi connectivity index (χ3v) is 6.83. The quantitative estimate of drug-likeness (QED) is 0.819. The van der Waals surface area contributed by atoms with E-state index in [0.29, 0.717) is 24.6 Å². The summed E-state index contributed by atoms with van der Waals surface area (Å²) in [5.74, 6) is -0.965. The molecule has 2 heterocycles. The van der Waals surface area contributed by atoms with Gasteiger partial charge in [-0.3, -0.25) is 4.79 Å². The smallest absolute Gasteiger partial charge is 0.308 e. The Morgan fingerprint density at radius 3 is 2.86 bits per heavy atom. The molecule has 1 saturated heterocycles. The molecule has 1 aliphatic rings. The number of aliphatic carboxylic acids is 1. The van der Waals surface area contributed by atoms with Crippen molar-refractivity contribution in [3.05, 3.63) is 17.0 Å². The summed E-state index contributed by atoms with van der Waals surface area (Å²) in [6.45, 7) is 3.20. The van der Waals surface area contributed by atoms with Crippen LogP contribution in [0.2, 0.25) is 0 Å². The van der Waals surface area contributed by atoms with E-state index in [0.717, 1.165) is 24.2 Å². The highest BCUT2D eigenvalue weighted by atomic mass is 32.2. The van der Waals surface area contributed by atoms with Gasteiger partial charge in [-0.05, 0) is 25.0 Å². The van der Waals surface area contributed by atoms with Gasteiger partial charge in [0, 0.05) is 24.6 Å². The average molecular weight is 333 g/mol. The molecule has 0 bridgehead atoms. The lowest BCUT2D eigenvalue weighted by molar-refractivity contribution is -0.136. The van der Waals surface area contributed by atoms with Crippen LogP contribution in [-0.2, 0) is 26.0 Å². The number of thiophene rings is 1. The van der Waals surface area contributed by atoms with Crippen molar-refractivity contribution in [2.75, 3.05) is 19.7 Å². The lowest BCUT2D eigenvalue weighted by atomic mass is 10.2. The van der Waals surface area contributed by atoms with E-state index in [1.54, 1.807) is 13.0 Å². The Kier molecular flexibility index (Phi) is 5.37. The normalized spacial score (nSPS) is 19.2. The average Bonchev–Trinajstić information content (AvgIpc) is 3.06. The van der Waals surface area contributed by atoms with Gasteiger partial charge in [0.2, 0.25) is 0 Å². The zero-order valence-corrected chi connectivity index (χ0v) is 13.5. The fourth-order valence-corrected chi connectivity index (χ4v) is 5.26. The second-order valence-electron chi connectivity index (χ2n) is 4.88. The van der Waals surface area contributed by atoms with E-state index >= 15 is 0 Å². The fourth-order valence-electron chi connectivity index (χ4n) is 2.28. The Balaban J connectivity index is 2.13. The molecule has 0 spiro atoms. The molecule has 2 rings (SSSR count). The highest BCUT2D eigenvalue weighted by molar-refractivity contribution is 7.91. The van der Waals surface area contributed by atoms with E-state index in [9.17, 15) is 13.2 Å². The van der Waals surface area contributed by atoms with E-state index in [4.69, 9.17) is 9.84 Å². The van der Waals surface area contributed by atoms with Gasteiger partial charge in [0.25, 0.3) is 10.0 Å². The molecule has 8 heteroatoms. The molecule has 1 N–H and O–H groups in total. The summed E-state index contributed by atoms with van der Waals surface area (Å²) in [5.41, 5.74) is 0. The first-order chi connectivity index (χ1) is 9.93. The molecular weight excluding hydrogens is 314 g/mol. The molecule has 0 saturated carbocycles. The van der Waals surface area contributed by atoms with Crippen LogP contribution in [0.3, 0.4) is 0 Å². The van der Waals surface area contributed by atoms with E-state index in [-0.39, 0.29) is 16.7 Å². The highest BCUT2D eigenvalue weighted by Gasteiger charge is 2.29. The minimum absolute atomic E-state index is 0.0434. The first-order valence-electron chi connectivity index (χ1n) is 6.85. The first-order valence-corrected chi connectivity index (χ1v) is 9.11. The van der Waals surface area contributed by atoms with E-state index < -0.39 is 16.0 Å². The van der Waals surface area contributed by atoms with Gasteiger partial charge in [0.05, 0.1) is 12.5 Å². The van der Waals surface area contributed by atoms with Crippen molar-refractivity contribution in [2.24, 2.45) is 0 Å². The number of hydrogen-bond donors (Lipinski definition) is 1. The monoisotopic (exact) mass is 333 g/mol. The maximum atomic E-state index is 12.6. The molecule has 0 aliphatic carbocycles. The highest BCUT2D eigenvalue weighted by Crippen LogP contribution is 2.26. The molecule has 0 aromatic carbocycles. The van der Waals surface area contributed by atoms with Crippen LogP contribution in [0, 0.1) is 0 Å². The number of nitrogens with zero attached hydrogens (tertiary/aromatic N) is 1. The molecular formula is C13H19NO5S2. The number of sulfonamides is 1. The minimum atomic E-state index is -3.57. The van der Waals surface area contributed by atoms with Crippen molar-refractivity contribution < 1.29 is 23.1 Å². The maximum absolute atomic E-state index is 12.6. The molecule has 21 heavy (non-hydrogen) atoms. The molecule has 1 fully saturated rings. The minimum Gasteiger partial charge on any atom is -0.481 e. The summed E-state index contributed by atoms with van der Waals surface area (Å²) in [5, 5.41) is 8.75. The van der Waals surface area contributed by atoms with Crippen molar-refractivity contribution in [2.45, 2.75) is 36.5 Å². The Bertz CT molecular complexity index is 589. The van der Waals surface area contributed by atoms with Gasteiger partial charge >= 0.3 is 5.97 Å². The van der Waals surface area contributed by atoms with Crippen LogP contribution >= 0.6 is 11.3 Å². The predicted octanol–water partition coefficient (Wildman–Crippen LogP) is 1.56. The zero-order valence-electron chi connectivity index (χ0n) is 11.8. The molecule has 0 radical (unpaired) electrons. The fraction of sp³-hybridized carbons (Fsp3) is 0.615. The van der Waals surface area contributed by atoms with E-state index in [1.807, 2.05) is 0 Å². The lowest BCUT2D eigenvalue weighted by Gasteiger charge is -2.22. The van der Waals surface area contributed by atoms with Gasteiger partial charge < -0.3 is 9.84 Å². The standard InChI is InChI=1S/C13H19NO5S2/c1-2-14(9-10-4-3-7-19-10)21(17,18)13-6-5-11(20-13)8-12(15)16/h5-6,10H,2-4,7-9H2,1H3,(H,15,16). The van der Waals surface area contributed by atoms with Crippen molar-refractivity contribution >= 4 is 27.3 Å². The summed E-state index contributed by atoms with van der Waals surface area (Å²) >= 11 is 1.02. The summed E-state index contributed by atoms with van der Waals surface area (Å²) in [4.78, 5) is 11.2. The summed E-state index contributed by atoms with van der Waals surface area (Å²) < 4.78 is 32.3. The summed E-state index contributed by atoms with van der Waals surface area (Å²) in [6, 6.07) is 3.04. The molecule has 1 aromatic heterocycles. The van der Waals surface area contributed by atoms with E-state index in [1.165, 1.54) is 10.4 Å². The number of carboxylic acid groups (broad SMARTS) is 1. The van der Waals surface area contributed by atoms with Gasteiger partial charge in [0.1, 0.15) is 4.21 Å². The number of carbonyl (C=O) groups is 1. The number of likely N-dealkylation sites (N-methyl/N-ethyl adjacent to an activating group) is 1. The van der Waals surface area contributed by atoms with Gasteiger partial charge in [-0.25, -0.2) is 8.42 Å². The lowest BCUT2D eigenvalue weighted by Crippen LogP contribution is -2.36. The third kappa shape index (κ3) is 4.03. The number of hydrogen-bond acceptors (Lipinski definition) is 5. The van der Waals surface area contributed by atoms with Crippen LogP contribution in [-0.4, -0.2) is 49.6 Å². The topological polar surface area (TPSA) is 83.9 Å². The molecule has 1 unspecified atom stereocenters. The SMILES string of the molecule is CCN(CC1CCCO1)S(=O)(=O)c1ccc(CC(=O)O)s1. The predicted molar refractivity (Wildman–Crippen MR) is 79.1 cm³/mol. The third-order valence-electron chi connectivity index (χ3n) is 3.34. The van der Waals surface area contributed by atoms with Crippen molar-refractivity contribution in [1.29, 1.82) is 0 Å². The number of ether oxygens (including phenoxy) is 1. The van der Waals surface area contributed by atoms with Crippen LogP contribution in [0.4, 0.5) is 0 Å². The molecule has 6 nitrogen and oxygen atoms in total. The van der Waals surface area contributed by atoms with Gasteiger partial charge in [-0.15, -0.1) is 11.3 Å². The second-order valence-corrected chi connectivity index (χ2v) is 8.22. The Labute approximate surface area is 128 Å². The molecule has 1 aromatic rings. The number of carboxylic acids is 1. The van der Waals surface area contributed by atoms with Crippen molar-refractivity contribution in [3.63, 3.8) is 0 Å². The van der Waals surface area contributed by atoms with Crippen LogP contribution in [0.25, 0.3) is 0 Å². The van der Waals surface area contributed by atoms with Crippen LogP contribution < -0.4 is 0 Å². The Hall–Kier alpha value is -0.960. The molecule has 0 amide bonds. The van der Waals surface area contributed by atoms with Crippen molar-refractivity contribution in [3.8, 4) is 0 Å². The van der Waals surface area contributed by atoms with Gasteiger partial charge in [-0.1, -0.05) is 6.92 Å². The van der Waals surface area contributed by atoms with Crippen LogP contribution in [0.1, 0.15) is 24.6 Å². The Morgan fingerprint density at radius 1 is 1.52 bits per heavy atom. The molecule has 118 valence electrons. The summed E-state index contributed by atoms with van der Waals surface area (Å²) in [7, 11) is -3.57. The van der Waals surface area contributed by atoms with E-state index in [2.05, 4.69) is 0 Å². The first kappa shape index (κ1) is 16.4. The van der Waals surface area contributed by atoms with Crippen molar-refractivity contribution in [1.82, 2.24) is 4.31 Å². The zero-order chi connectivity index (χ0) is 15.5. The number of rotatable bonds is 7. The molecule has 1 atom stereocenters. The summed E-state index contributed by atoms with van der Waals surface area (Å²) in [6.07, 6.45) is 1.64.